The number of nitrogens with two attached hydrogens (primary N) is 1. The Balaban J connectivity index is 1.83. The lowest BCUT2D eigenvalue weighted by molar-refractivity contribution is -0.384. The highest BCUT2D eigenvalue weighted by Crippen LogP contribution is 2.28. The molecule has 0 atom stereocenters. The first-order valence-corrected chi connectivity index (χ1v) is 7.93. The van der Waals surface area contributed by atoms with Crippen LogP contribution in [-0.2, 0) is 4.74 Å². The lowest BCUT2D eigenvalue weighted by Gasteiger charge is -2.29. The van der Waals surface area contributed by atoms with Crippen molar-refractivity contribution < 1.29 is 18.8 Å². The van der Waals surface area contributed by atoms with E-state index in [2.05, 4.69) is 10.2 Å². The molecule has 1 heterocycles. The van der Waals surface area contributed by atoms with Crippen LogP contribution in [0.3, 0.4) is 0 Å². The standard InChI is InChI=1S/C17H17FN4O4/c18-11-8-14(16(19)15(9-11)22(24)25)17(23)20-12-2-1-3-13(10-12)21-4-6-26-7-5-21/h1-3,8-10H,4-7,19H2,(H,20,23). The molecule has 0 spiro atoms. The van der Waals surface area contributed by atoms with E-state index in [1.54, 1.807) is 18.2 Å². The Morgan fingerprint density at radius 1 is 1.27 bits per heavy atom. The third-order valence-electron chi connectivity index (χ3n) is 4.04. The summed E-state index contributed by atoms with van der Waals surface area (Å²) in [6.07, 6.45) is 0. The van der Waals surface area contributed by atoms with E-state index in [0.29, 0.717) is 25.0 Å². The van der Waals surface area contributed by atoms with Gasteiger partial charge in [-0.3, -0.25) is 14.9 Å². The molecule has 1 saturated heterocycles. The average Bonchev–Trinajstić information content (AvgIpc) is 2.64. The van der Waals surface area contributed by atoms with Crippen LogP contribution in [0.2, 0.25) is 0 Å². The molecule has 1 fully saturated rings. The number of ether oxygens (including phenoxy) is 1. The molecule has 2 aromatic rings. The van der Waals surface area contributed by atoms with Crippen molar-refractivity contribution in [3.8, 4) is 0 Å². The molecule has 1 aliphatic rings. The summed E-state index contributed by atoms with van der Waals surface area (Å²) >= 11 is 0. The molecular weight excluding hydrogens is 343 g/mol. The fraction of sp³-hybridized carbons (Fsp3) is 0.235. The number of nitrogens with one attached hydrogen (secondary N) is 1. The highest BCUT2D eigenvalue weighted by atomic mass is 19.1. The molecule has 136 valence electrons. The number of halogens is 1. The normalized spacial score (nSPS) is 14.1. The van der Waals surface area contributed by atoms with Crippen molar-refractivity contribution in [2.24, 2.45) is 0 Å². The summed E-state index contributed by atoms with van der Waals surface area (Å²) in [4.78, 5) is 24.7. The Bertz CT molecular complexity index is 853. The largest absolute Gasteiger partial charge is 0.393 e. The molecule has 0 bridgehead atoms. The summed E-state index contributed by atoms with van der Waals surface area (Å²) in [5.41, 5.74) is 5.75. The minimum absolute atomic E-state index is 0.284. The van der Waals surface area contributed by atoms with Gasteiger partial charge in [-0.2, -0.15) is 0 Å². The third-order valence-corrected chi connectivity index (χ3v) is 4.04. The number of rotatable bonds is 4. The van der Waals surface area contributed by atoms with Crippen LogP contribution >= 0.6 is 0 Å². The zero-order valence-corrected chi connectivity index (χ0v) is 13.8. The van der Waals surface area contributed by atoms with Crippen LogP contribution in [-0.4, -0.2) is 37.1 Å². The second-order valence-electron chi connectivity index (χ2n) is 5.75. The number of nitro benzene ring substituents is 1. The minimum atomic E-state index is -0.905. The Morgan fingerprint density at radius 2 is 2.00 bits per heavy atom. The predicted molar refractivity (Wildman–Crippen MR) is 94.9 cm³/mol. The van der Waals surface area contributed by atoms with E-state index in [-0.39, 0.29) is 11.3 Å². The van der Waals surface area contributed by atoms with Crippen molar-refractivity contribution in [1.82, 2.24) is 0 Å². The van der Waals surface area contributed by atoms with Crippen LogP contribution in [0, 0.1) is 15.9 Å². The van der Waals surface area contributed by atoms with Crippen molar-refractivity contribution >= 4 is 28.7 Å². The monoisotopic (exact) mass is 360 g/mol. The van der Waals surface area contributed by atoms with Gasteiger partial charge >= 0.3 is 0 Å². The number of amides is 1. The fourth-order valence-corrected chi connectivity index (χ4v) is 2.74. The summed E-state index contributed by atoms with van der Waals surface area (Å²) in [7, 11) is 0. The first-order chi connectivity index (χ1) is 12.5. The molecule has 1 aliphatic heterocycles. The molecule has 1 amide bonds. The number of benzene rings is 2. The molecule has 9 heteroatoms. The van der Waals surface area contributed by atoms with Crippen molar-refractivity contribution in [1.29, 1.82) is 0 Å². The van der Waals surface area contributed by atoms with Crippen LogP contribution in [0.1, 0.15) is 10.4 Å². The van der Waals surface area contributed by atoms with Gasteiger partial charge in [0.25, 0.3) is 11.6 Å². The number of nitrogens with zero attached hydrogens (tertiary/aromatic N) is 2. The van der Waals surface area contributed by atoms with Gasteiger partial charge in [0.05, 0.1) is 29.8 Å². The molecule has 0 aromatic heterocycles. The smallest absolute Gasteiger partial charge is 0.295 e. The third kappa shape index (κ3) is 3.72. The van der Waals surface area contributed by atoms with Crippen LogP contribution in [0.25, 0.3) is 0 Å². The molecule has 3 N–H and O–H groups in total. The molecule has 3 rings (SSSR count). The molecule has 2 aromatic carbocycles. The summed E-state index contributed by atoms with van der Waals surface area (Å²) in [6, 6.07) is 8.69. The Labute approximate surface area is 148 Å². The number of anilines is 3. The number of nitrogen functional groups attached to an aromatic ring is 1. The number of hydrogen-bond acceptors (Lipinski definition) is 6. The maximum Gasteiger partial charge on any atom is 0.295 e. The highest BCUT2D eigenvalue weighted by molar-refractivity contribution is 6.09. The van der Waals surface area contributed by atoms with Gasteiger partial charge in [-0.15, -0.1) is 0 Å². The second kappa shape index (κ2) is 7.36. The summed E-state index contributed by atoms with van der Waals surface area (Å²) in [6.45, 7) is 2.72. The van der Waals surface area contributed by atoms with Gasteiger partial charge in [0, 0.05) is 24.5 Å². The average molecular weight is 360 g/mol. The lowest BCUT2D eigenvalue weighted by Crippen LogP contribution is -2.36. The Kier molecular flexibility index (Phi) is 4.99. The van der Waals surface area contributed by atoms with Gasteiger partial charge < -0.3 is 20.7 Å². The van der Waals surface area contributed by atoms with Gasteiger partial charge in [0.1, 0.15) is 11.5 Å². The molecule has 0 aliphatic carbocycles. The van der Waals surface area contributed by atoms with Crippen LogP contribution in [0.4, 0.5) is 27.1 Å². The fourth-order valence-electron chi connectivity index (χ4n) is 2.74. The van der Waals surface area contributed by atoms with Crippen molar-refractivity contribution in [2.45, 2.75) is 0 Å². The summed E-state index contributed by atoms with van der Waals surface area (Å²) < 4.78 is 18.9. The SMILES string of the molecule is Nc1c(C(=O)Nc2cccc(N3CCOCC3)c2)cc(F)cc1[N+](=O)[O-]. The van der Waals surface area contributed by atoms with Crippen LogP contribution in [0.5, 0.6) is 0 Å². The maximum atomic E-state index is 13.6. The Morgan fingerprint density at radius 3 is 2.69 bits per heavy atom. The Hall–Kier alpha value is -3.20. The van der Waals surface area contributed by atoms with E-state index in [1.165, 1.54) is 0 Å². The molecule has 0 saturated carbocycles. The first kappa shape index (κ1) is 17.6. The number of carbonyl (C=O) groups is 1. The van der Waals surface area contributed by atoms with E-state index in [1.807, 2.05) is 6.07 Å². The molecular formula is C17H17FN4O4. The quantitative estimate of drug-likeness (QED) is 0.492. The van der Waals surface area contributed by atoms with Crippen molar-refractivity contribution in [3.63, 3.8) is 0 Å². The molecule has 26 heavy (non-hydrogen) atoms. The first-order valence-electron chi connectivity index (χ1n) is 7.93. The second-order valence-corrected chi connectivity index (χ2v) is 5.75. The van der Waals surface area contributed by atoms with Gasteiger partial charge in [-0.25, -0.2) is 4.39 Å². The summed E-state index contributed by atoms with van der Waals surface area (Å²) in [5.74, 6) is -1.62. The van der Waals surface area contributed by atoms with Gasteiger partial charge in [0.2, 0.25) is 0 Å². The van der Waals surface area contributed by atoms with Crippen LogP contribution < -0.4 is 16.0 Å². The molecule has 8 nitrogen and oxygen atoms in total. The highest BCUT2D eigenvalue weighted by Gasteiger charge is 2.22. The predicted octanol–water partition coefficient (Wildman–Crippen LogP) is 2.41. The molecule has 0 radical (unpaired) electrons. The minimum Gasteiger partial charge on any atom is -0.393 e. The lowest BCUT2D eigenvalue weighted by atomic mass is 10.1. The molecule has 0 unspecified atom stereocenters. The topological polar surface area (TPSA) is 111 Å². The van der Waals surface area contributed by atoms with E-state index in [9.17, 15) is 19.3 Å². The van der Waals surface area contributed by atoms with E-state index in [0.717, 1.165) is 24.8 Å². The maximum absolute atomic E-state index is 13.6. The van der Waals surface area contributed by atoms with E-state index in [4.69, 9.17) is 10.5 Å². The van der Waals surface area contributed by atoms with Gasteiger partial charge in [0.15, 0.2) is 0 Å². The van der Waals surface area contributed by atoms with Crippen molar-refractivity contribution in [3.05, 3.63) is 57.9 Å². The van der Waals surface area contributed by atoms with Gasteiger partial charge in [-0.05, 0) is 24.3 Å². The number of morpholine rings is 1. The van der Waals surface area contributed by atoms with Crippen LogP contribution in [0.15, 0.2) is 36.4 Å². The number of nitro groups is 1. The number of hydrogen-bond donors (Lipinski definition) is 2. The number of carbonyl (C=O) groups excluding carboxylic acids is 1. The van der Waals surface area contributed by atoms with E-state index >= 15 is 0 Å². The zero-order chi connectivity index (χ0) is 18.7. The van der Waals surface area contributed by atoms with Gasteiger partial charge in [-0.1, -0.05) is 6.07 Å². The summed E-state index contributed by atoms with van der Waals surface area (Å²) in [5, 5.41) is 13.5. The zero-order valence-electron chi connectivity index (χ0n) is 13.8. The van der Waals surface area contributed by atoms with Crippen molar-refractivity contribution in [2.75, 3.05) is 42.3 Å². The van der Waals surface area contributed by atoms with E-state index < -0.39 is 22.3 Å².